The predicted octanol–water partition coefficient (Wildman–Crippen LogP) is 0.565. The van der Waals surface area contributed by atoms with Crippen molar-refractivity contribution in [3.8, 4) is 0 Å². The molecule has 1 aliphatic rings. The van der Waals surface area contributed by atoms with Gasteiger partial charge in [-0.2, -0.15) is 0 Å². The van der Waals surface area contributed by atoms with E-state index in [9.17, 15) is 9.00 Å². The van der Waals surface area contributed by atoms with E-state index < -0.39 is 16.0 Å². The Labute approximate surface area is 99.3 Å². The molecule has 1 fully saturated rings. The number of carbonyl (C=O) groups is 1. The maximum atomic E-state index is 11.7. The first-order valence-electron chi connectivity index (χ1n) is 5.93. The lowest BCUT2D eigenvalue weighted by molar-refractivity contribution is -0.121. The predicted molar refractivity (Wildman–Crippen MR) is 64.6 cm³/mol. The average molecular weight is 247 g/mol. The van der Waals surface area contributed by atoms with Crippen LogP contribution in [0.3, 0.4) is 0 Å². The highest BCUT2D eigenvalue weighted by Gasteiger charge is 2.23. The molecule has 0 aliphatic heterocycles. The standard InChI is InChI=1S/C11H21NO3S/c1-9(16(15)8-7-13)11(14)12-10-5-3-2-4-6-10/h9-10,13H,2-8H2,1H3,(H,12,14)/t9-,16-/m1/s1. The number of hydrogen-bond donors (Lipinski definition) is 2. The van der Waals surface area contributed by atoms with Gasteiger partial charge in [-0.3, -0.25) is 9.00 Å². The van der Waals surface area contributed by atoms with Gasteiger partial charge in [-0.15, -0.1) is 0 Å². The van der Waals surface area contributed by atoms with Gasteiger partial charge in [0.15, 0.2) is 0 Å². The quantitative estimate of drug-likeness (QED) is 0.746. The first-order valence-corrected chi connectivity index (χ1v) is 7.31. The fourth-order valence-corrected chi connectivity index (χ4v) is 2.79. The third-order valence-corrected chi connectivity index (χ3v) is 4.60. The number of nitrogens with one attached hydrogen (secondary N) is 1. The van der Waals surface area contributed by atoms with Gasteiger partial charge in [-0.25, -0.2) is 0 Å². The second kappa shape index (κ2) is 7.01. The van der Waals surface area contributed by atoms with Crippen LogP contribution in [-0.2, 0) is 15.6 Å². The van der Waals surface area contributed by atoms with E-state index >= 15 is 0 Å². The molecular weight excluding hydrogens is 226 g/mol. The van der Waals surface area contributed by atoms with Gasteiger partial charge in [-0.05, 0) is 19.8 Å². The number of aliphatic hydroxyl groups is 1. The minimum Gasteiger partial charge on any atom is -0.395 e. The van der Waals surface area contributed by atoms with E-state index in [0.717, 1.165) is 12.8 Å². The highest BCUT2D eigenvalue weighted by Crippen LogP contribution is 2.17. The molecule has 2 atom stereocenters. The van der Waals surface area contributed by atoms with Gasteiger partial charge in [0.1, 0.15) is 5.25 Å². The normalized spacial score (nSPS) is 21.4. The van der Waals surface area contributed by atoms with E-state index in [1.165, 1.54) is 19.3 Å². The Bertz CT molecular complexity index is 252. The van der Waals surface area contributed by atoms with Crippen molar-refractivity contribution in [3.63, 3.8) is 0 Å². The molecule has 0 heterocycles. The first-order chi connectivity index (χ1) is 7.65. The zero-order valence-corrected chi connectivity index (χ0v) is 10.6. The molecule has 0 unspecified atom stereocenters. The second-order valence-corrected chi connectivity index (χ2v) is 6.17. The molecule has 4 nitrogen and oxygen atoms in total. The molecule has 94 valence electrons. The van der Waals surface area contributed by atoms with Crippen LogP contribution in [0.2, 0.25) is 0 Å². The topological polar surface area (TPSA) is 66.4 Å². The van der Waals surface area contributed by atoms with Crippen molar-refractivity contribution in [2.24, 2.45) is 0 Å². The maximum absolute atomic E-state index is 11.7. The third kappa shape index (κ3) is 4.22. The number of rotatable bonds is 5. The Morgan fingerprint density at radius 1 is 1.44 bits per heavy atom. The van der Waals surface area contributed by atoms with Gasteiger partial charge in [0.05, 0.1) is 6.61 Å². The van der Waals surface area contributed by atoms with Crippen LogP contribution in [0.5, 0.6) is 0 Å². The first kappa shape index (κ1) is 13.6. The Balaban J connectivity index is 2.35. The minimum absolute atomic E-state index is 0.131. The molecule has 2 N–H and O–H groups in total. The summed E-state index contributed by atoms with van der Waals surface area (Å²) in [6.45, 7) is 1.53. The highest BCUT2D eigenvalue weighted by atomic mass is 32.2. The minimum atomic E-state index is -1.26. The molecule has 1 aliphatic carbocycles. The van der Waals surface area contributed by atoms with Crippen molar-refractivity contribution in [1.82, 2.24) is 5.32 Å². The van der Waals surface area contributed by atoms with Crippen molar-refractivity contribution in [2.75, 3.05) is 12.4 Å². The Kier molecular flexibility index (Phi) is 5.98. The SMILES string of the molecule is C[C@H](C(=O)NC1CCCCC1)[S@](=O)CCO. The van der Waals surface area contributed by atoms with Gasteiger partial charge in [0.25, 0.3) is 0 Å². The maximum Gasteiger partial charge on any atom is 0.235 e. The van der Waals surface area contributed by atoms with E-state index in [2.05, 4.69) is 5.32 Å². The summed E-state index contributed by atoms with van der Waals surface area (Å²) in [7, 11) is -1.26. The zero-order valence-electron chi connectivity index (χ0n) is 9.78. The van der Waals surface area contributed by atoms with Crippen molar-refractivity contribution in [3.05, 3.63) is 0 Å². The van der Waals surface area contributed by atoms with Gasteiger partial charge in [0, 0.05) is 22.6 Å². The summed E-state index contributed by atoms with van der Waals surface area (Å²) in [5.41, 5.74) is 0. The monoisotopic (exact) mass is 247 g/mol. The molecule has 0 aromatic carbocycles. The molecule has 0 bridgehead atoms. The molecule has 0 aromatic heterocycles. The smallest absolute Gasteiger partial charge is 0.235 e. The lowest BCUT2D eigenvalue weighted by Crippen LogP contribution is -2.43. The van der Waals surface area contributed by atoms with Gasteiger partial charge in [0.2, 0.25) is 5.91 Å². The van der Waals surface area contributed by atoms with Crippen LogP contribution in [0.25, 0.3) is 0 Å². The summed E-state index contributed by atoms with van der Waals surface area (Å²) in [4.78, 5) is 11.7. The lowest BCUT2D eigenvalue weighted by atomic mass is 9.95. The molecule has 5 heteroatoms. The van der Waals surface area contributed by atoms with E-state index in [1.54, 1.807) is 6.92 Å². The van der Waals surface area contributed by atoms with E-state index in [-0.39, 0.29) is 24.3 Å². The molecule has 1 saturated carbocycles. The van der Waals surface area contributed by atoms with Crippen molar-refractivity contribution in [1.29, 1.82) is 0 Å². The number of carbonyl (C=O) groups excluding carboxylic acids is 1. The van der Waals surface area contributed by atoms with Crippen LogP contribution < -0.4 is 5.32 Å². The lowest BCUT2D eigenvalue weighted by Gasteiger charge is -2.24. The summed E-state index contributed by atoms with van der Waals surface area (Å²) in [6, 6.07) is 0.259. The zero-order chi connectivity index (χ0) is 12.0. The van der Waals surface area contributed by atoms with Gasteiger partial charge < -0.3 is 10.4 Å². The third-order valence-electron chi connectivity index (χ3n) is 3.01. The molecule has 16 heavy (non-hydrogen) atoms. The van der Waals surface area contributed by atoms with Gasteiger partial charge >= 0.3 is 0 Å². The highest BCUT2D eigenvalue weighted by molar-refractivity contribution is 7.86. The molecule has 0 spiro atoms. The number of hydrogen-bond acceptors (Lipinski definition) is 3. The van der Waals surface area contributed by atoms with E-state index in [4.69, 9.17) is 5.11 Å². The molecule has 1 amide bonds. The number of aliphatic hydroxyl groups excluding tert-OH is 1. The van der Waals surface area contributed by atoms with E-state index in [0.29, 0.717) is 0 Å². The summed E-state index contributed by atoms with van der Waals surface area (Å²) in [5.74, 6) is 0.0397. The van der Waals surface area contributed by atoms with Crippen molar-refractivity contribution < 1.29 is 14.1 Å². The second-order valence-electron chi connectivity index (χ2n) is 4.29. The Morgan fingerprint density at radius 3 is 2.62 bits per heavy atom. The summed E-state index contributed by atoms with van der Waals surface area (Å²) in [6.07, 6.45) is 5.65. The number of amides is 1. The van der Waals surface area contributed by atoms with Crippen LogP contribution in [0, 0.1) is 0 Å². The Hall–Kier alpha value is -0.420. The van der Waals surface area contributed by atoms with Crippen molar-refractivity contribution >= 4 is 16.7 Å². The molecule has 0 aromatic rings. The van der Waals surface area contributed by atoms with Gasteiger partial charge in [-0.1, -0.05) is 19.3 Å². The fraction of sp³-hybridized carbons (Fsp3) is 0.909. The van der Waals surface area contributed by atoms with Crippen LogP contribution >= 0.6 is 0 Å². The molecule has 0 radical (unpaired) electrons. The molecular formula is C11H21NO3S. The summed E-state index contributed by atoms with van der Waals surface area (Å²) < 4.78 is 11.5. The van der Waals surface area contributed by atoms with Crippen LogP contribution in [0.15, 0.2) is 0 Å². The summed E-state index contributed by atoms with van der Waals surface area (Å²) in [5, 5.41) is 11.1. The van der Waals surface area contributed by atoms with Crippen LogP contribution in [0.1, 0.15) is 39.0 Å². The van der Waals surface area contributed by atoms with Crippen LogP contribution in [-0.4, -0.2) is 38.9 Å². The molecule has 0 saturated heterocycles. The van der Waals surface area contributed by atoms with Crippen LogP contribution in [0.4, 0.5) is 0 Å². The fourth-order valence-electron chi connectivity index (χ4n) is 1.95. The average Bonchev–Trinajstić information content (AvgIpc) is 2.29. The Morgan fingerprint density at radius 2 is 2.06 bits per heavy atom. The van der Waals surface area contributed by atoms with E-state index in [1.807, 2.05) is 0 Å². The van der Waals surface area contributed by atoms with Crippen molar-refractivity contribution in [2.45, 2.75) is 50.3 Å². The molecule has 1 rings (SSSR count). The summed E-state index contributed by atoms with van der Waals surface area (Å²) >= 11 is 0. The largest absolute Gasteiger partial charge is 0.395 e.